The van der Waals surface area contributed by atoms with Crippen molar-refractivity contribution >= 4 is 16.8 Å². The number of hydrogen-bond donors (Lipinski definition) is 2. The Morgan fingerprint density at radius 1 is 1.29 bits per heavy atom. The predicted octanol–water partition coefficient (Wildman–Crippen LogP) is 1.63. The molecule has 0 aliphatic rings. The topological polar surface area (TPSA) is 113 Å². The Morgan fingerprint density at radius 3 is 2.82 bits per heavy atom. The molecule has 0 aliphatic carbocycles. The summed E-state index contributed by atoms with van der Waals surface area (Å²) in [7, 11) is 3.50. The molecule has 142 valence electrons. The van der Waals surface area contributed by atoms with E-state index >= 15 is 0 Å². The zero-order valence-electron chi connectivity index (χ0n) is 15.7. The first-order valence-electron chi connectivity index (χ1n) is 8.72. The third-order valence-electron chi connectivity index (χ3n) is 4.72. The van der Waals surface area contributed by atoms with Gasteiger partial charge in [0.15, 0.2) is 0 Å². The van der Waals surface area contributed by atoms with Gasteiger partial charge in [0.2, 0.25) is 0 Å². The van der Waals surface area contributed by atoms with Crippen molar-refractivity contribution in [2.45, 2.75) is 13.5 Å². The van der Waals surface area contributed by atoms with E-state index in [1.54, 1.807) is 42.2 Å². The number of H-pyrrole nitrogens is 2. The Kier molecular flexibility index (Phi) is 4.26. The molecular formula is C19H19N7O2. The van der Waals surface area contributed by atoms with Crippen molar-refractivity contribution < 1.29 is 4.79 Å². The van der Waals surface area contributed by atoms with Crippen LogP contribution in [0.5, 0.6) is 0 Å². The Hall–Kier alpha value is -3.75. The lowest BCUT2D eigenvalue weighted by Gasteiger charge is -2.15. The van der Waals surface area contributed by atoms with Crippen molar-refractivity contribution in [3.8, 4) is 11.3 Å². The van der Waals surface area contributed by atoms with Gasteiger partial charge in [-0.15, -0.1) is 0 Å². The largest absolute Gasteiger partial charge is 0.333 e. The molecule has 4 rings (SSSR count). The average molecular weight is 377 g/mol. The zero-order valence-corrected chi connectivity index (χ0v) is 15.7. The van der Waals surface area contributed by atoms with E-state index in [1.807, 2.05) is 20.0 Å². The molecule has 28 heavy (non-hydrogen) atoms. The number of para-hydroxylation sites is 1. The first-order chi connectivity index (χ1) is 13.4. The lowest BCUT2D eigenvalue weighted by Crippen LogP contribution is -2.28. The van der Waals surface area contributed by atoms with Crippen molar-refractivity contribution in [3.05, 3.63) is 64.1 Å². The van der Waals surface area contributed by atoms with Crippen LogP contribution in [0.4, 0.5) is 0 Å². The molecular weight excluding hydrogens is 358 g/mol. The summed E-state index contributed by atoms with van der Waals surface area (Å²) in [6.07, 6.45) is 1.72. The molecule has 0 aliphatic heterocycles. The summed E-state index contributed by atoms with van der Waals surface area (Å²) in [5, 5.41) is 11.7. The van der Waals surface area contributed by atoms with Gasteiger partial charge in [0.1, 0.15) is 11.5 Å². The molecule has 0 saturated carbocycles. The minimum atomic E-state index is -0.254. The van der Waals surface area contributed by atoms with Crippen molar-refractivity contribution in [3.63, 3.8) is 0 Å². The average Bonchev–Trinajstić information content (AvgIpc) is 3.28. The van der Waals surface area contributed by atoms with Crippen LogP contribution >= 0.6 is 0 Å². The fourth-order valence-corrected chi connectivity index (χ4v) is 3.03. The van der Waals surface area contributed by atoms with Crippen LogP contribution in [0.25, 0.3) is 22.2 Å². The van der Waals surface area contributed by atoms with Gasteiger partial charge in [0.25, 0.3) is 11.5 Å². The van der Waals surface area contributed by atoms with Crippen LogP contribution in [0.3, 0.4) is 0 Å². The van der Waals surface area contributed by atoms with Crippen LogP contribution in [0, 0.1) is 6.92 Å². The quantitative estimate of drug-likeness (QED) is 0.561. The lowest BCUT2D eigenvalue weighted by molar-refractivity contribution is 0.0775. The van der Waals surface area contributed by atoms with Gasteiger partial charge in [-0.25, -0.2) is 4.98 Å². The van der Waals surface area contributed by atoms with E-state index in [1.165, 1.54) is 4.90 Å². The maximum Gasteiger partial charge on any atom is 0.272 e. The fraction of sp³-hybridized carbons (Fsp3) is 0.211. The molecule has 0 fully saturated rings. The van der Waals surface area contributed by atoms with Crippen molar-refractivity contribution in [2.75, 3.05) is 7.05 Å². The fourth-order valence-electron chi connectivity index (χ4n) is 3.03. The number of aromatic nitrogens is 6. The second-order valence-electron chi connectivity index (χ2n) is 6.63. The van der Waals surface area contributed by atoms with Gasteiger partial charge in [-0.05, 0) is 25.1 Å². The Balaban J connectivity index is 1.56. The van der Waals surface area contributed by atoms with Crippen molar-refractivity contribution in [1.82, 2.24) is 34.8 Å². The van der Waals surface area contributed by atoms with Crippen LogP contribution < -0.4 is 5.56 Å². The second-order valence-corrected chi connectivity index (χ2v) is 6.63. The second kappa shape index (κ2) is 6.76. The molecule has 0 atom stereocenters. The number of carbonyl (C=O) groups is 1. The molecule has 0 saturated heterocycles. The number of aryl methyl sites for hydroxylation is 1. The molecule has 3 aromatic heterocycles. The predicted molar refractivity (Wildman–Crippen MR) is 104 cm³/mol. The van der Waals surface area contributed by atoms with Gasteiger partial charge in [0.05, 0.1) is 29.3 Å². The molecule has 0 unspecified atom stereocenters. The van der Waals surface area contributed by atoms with Crippen LogP contribution in [0.1, 0.15) is 22.0 Å². The summed E-state index contributed by atoms with van der Waals surface area (Å²) in [4.78, 5) is 33.6. The highest BCUT2D eigenvalue weighted by Crippen LogP contribution is 2.21. The highest BCUT2D eigenvalue weighted by atomic mass is 16.2. The molecule has 0 bridgehead atoms. The summed E-state index contributed by atoms with van der Waals surface area (Å²) in [6, 6.07) is 8.79. The monoisotopic (exact) mass is 377 g/mol. The SMILES string of the molecule is Cc1c(-c2cc(C(=O)N(C)Cc3nc4ccccc4c(=O)[nH]3)[nH]n2)cnn1C. The molecule has 2 N–H and O–H groups in total. The first kappa shape index (κ1) is 17.7. The number of hydrogen-bond acceptors (Lipinski definition) is 5. The van der Waals surface area contributed by atoms with E-state index in [0.29, 0.717) is 28.1 Å². The van der Waals surface area contributed by atoms with Crippen LogP contribution in [0.2, 0.25) is 0 Å². The molecule has 1 aromatic carbocycles. The molecule has 1 amide bonds. The summed E-state index contributed by atoms with van der Waals surface area (Å²) in [6.45, 7) is 2.10. The van der Waals surface area contributed by atoms with Gasteiger partial charge in [-0.3, -0.25) is 19.4 Å². The van der Waals surface area contributed by atoms with E-state index < -0.39 is 0 Å². The Labute approximate surface area is 160 Å². The molecule has 3 heterocycles. The number of nitrogens with zero attached hydrogens (tertiary/aromatic N) is 5. The number of benzene rings is 1. The van der Waals surface area contributed by atoms with Crippen molar-refractivity contribution in [2.24, 2.45) is 7.05 Å². The van der Waals surface area contributed by atoms with Gasteiger partial charge >= 0.3 is 0 Å². The third-order valence-corrected chi connectivity index (χ3v) is 4.72. The summed E-state index contributed by atoms with van der Waals surface area (Å²) >= 11 is 0. The normalized spacial score (nSPS) is 11.1. The highest BCUT2D eigenvalue weighted by molar-refractivity contribution is 5.93. The number of fused-ring (bicyclic) bond motifs is 1. The number of rotatable bonds is 4. The van der Waals surface area contributed by atoms with Gasteiger partial charge in [-0.2, -0.15) is 10.2 Å². The van der Waals surface area contributed by atoms with Gasteiger partial charge in [0, 0.05) is 25.4 Å². The van der Waals surface area contributed by atoms with E-state index in [4.69, 9.17) is 0 Å². The smallest absolute Gasteiger partial charge is 0.272 e. The van der Waals surface area contributed by atoms with Crippen LogP contribution in [-0.2, 0) is 13.6 Å². The van der Waals surface area contributed by atoms with E-state index in [-0.39, 0.29) is 18.0 Å². The Morgan fingerprint density at radius 2 is 2.07 bits per heavy atom. The minimum Gasteiger partial charge on any atom is -0.333 e. The Bertz CT molecular complexity index is 1230. The van der Waals surface area contributed by atoms with E-state index in [0.717, 1.165) is 11.3 Å². The highest BCUT2D eigenvalue weighted by Gasteiger charge is 2.18. The van der Waals surface area contributed by atoms with Gasteiger partial charge < -0.3 is 9.88 Å². The lowest BCUT2D eigenvalue weighted by atomic mass is 10.2. The summed E-state index contributed by atoms with van der Waals surface area (Å²) in [5.74, 6) is 0.165. The van der Waals surface area contributed by atoms with E-state index in [9.17, 15) is 9.59 Å². The maximum atomic E-state index is 12.7. The molecule has 9 heteroatoms. The van der Waals surface area contributed by atoms with Crippen molar-refractivity contribution in [1.29, 1.82) is 0 Å². The summed E-state index contributed by atoms with van der Waals surface area (Å²) in [5.41, 5.74) is 3.19. The molecule has 4 aromatic rings. The minimum absolute atomic E-state index is 0.166. The zero-order chi connectivity index (χ0) is 19.8. The van der Waals surface area contributed by atoms with Crippen LogP contribution in [0.15, 0.2) is 41.3 Å². The molecule has 0 radical (unpaired) electrons. The van der Waals surface area contributed by atoms with Gasteiger partial charge in [-0.1, -0.05) is 12.1 Å². The maximum absolute atomic E-state index is 12.7. The number of carbonyl (C=O) groups excluding carboxylic acids is 1. The first-order valence-corrected chi connectivity index (χ1v) is 8.72. The number of amides is 1. The van der Waals surface area contributed by atoms with Crippen LogP contribution in [-0.4, -0.2) is 47.8 Å². The summed E-state index contributed by atoms with van der Waals surface area (Å²) < 4.78 is 1.75. The van der Waals surface area contributed by atoms with E-state index in [2.05, 4.69) is 25.3 Å². The number of aromatic amines is 2. The third kappa shape index (κ3) is 3.07. The number of nitrogens with one attached hydrogen (secondary N) is 2. The molecule has 9 nitrogen and oxygen atoms in total. The standard InChI is InChI=1S/C19H19N7O2/c1-11-13(9-20-26(11)3)15-8-16(24-23-15)19(28)25(2)10-17-21-14-7-5-4-6-12(14)18(27)22-17/h4-9H,10H2,1-3H3,(H,23,24)(H,21,22,27). The molecule has 0 spiro atoms.